The molecule has 9 nitrogen and oxygen atoms in total. The second-order valence-corrected chi connectivity index (χ2v) is 7.70. The van der Waals surface area contributed by atoms with Crippen LogP contribution in [-0.2, 0) is 4.79 Å². The molecule has 1 fully saturated rings. The molecule has 1 saturated heterocycles. The topological polar surface area (TPSA) is 117 Å². The Hall–Kier alpha value is -2.95. The van der Waals surface area contributed by atoms with Crippen LogP contribution in [0.15, 0.2) is 32.8 Å². The van der Waals surface area contributed by atoms with E-state index in [0.29, 0.717) is 25.3 Å². The molecule has 13 heteroatoms. The number of benzene rings is 1. The molecule has 0 bridgehead atoms. The first kappa shape index (κ1) is 22.7. The van der Waals surface area contributed by atoms with Crippen LogP contribution in [0.3, 0.4) is 0 Å². The Labute approximate surface area is 178 Å². The SMILES string of the molecule is [C-]#[N+]C1(C(=O)CCCSc2nonc2C(=Nc2ccc(F)c(C(F)F)c2)NO)CNC1. The van der Waals surface area contributed by atoms with Crippen molar-refractivity contribution in [2.45, 2.75) is 29.8 Å². The minimum Gasteiger partial charge on any atom is -0.301 e. The van der Waals surface area contributed by atoms with Gasteiger partial charge >= 0.3 is 5.54 Å². The van der Waals surface area contributed by atoms with Gasteiger partial charge in [-0.15, -0.1) is 11.8 Å². The number of aliphatic imine (C=N–C) groups is 1. The number of nitrogens with one attached hydrogen (secondary N) is 2. The summed E-state index contributed by atoms with van der Waals surface area (Å²) in [5.41, 5.74) is -0.00646. The van der Waals surface area contributed by atoms with Crippen LogP contribution in [0.1, 0.15) is 30.5 Å². The fourth-order valence-corrected chi connectivity index (χ4v) is 3.62. The molecule has 1 aromatic heterocycles. The van der Waals surface area contributed by atoms with Gasteiger partial charge in [0, 0.05) is 12.2 Å². The molecule has 0 spiro atoms. The number of carbonyl (C=O) groups is 1. The lowest BCUT2D eigenvalue weighted by Gasteiger charge is -2.29. The van der Waals surface area contributed by atoms with Gasteiger partial charge in [0.05, 0.1) is 24.3 Å². The summed E-state index contributed by atoms with van der Waals surface area (Å²) in [7, 11) is 0. The quantitative estimate of drug-likeness (QED) is 0.132. The van der Waals surface area contributed by atoms with E-state index >= 15 is 0 Å². The number of nitrogens with zero attached hydrogens (tertiary/aromatic N) is 4. The predicted octanol–water partition coefficient (Wildman–Crippen LogP) is 2.91. The maximum Gasteiger partial charge on any atom is 0.313 e. The highest BCUT2D eigenvalue weighted by Crippen LogP contribution is 2.28. The average Bonchev–Trinajstić information content (AvgIpc) is 3.18. The highest BCUT2D eigenvalue weighted by molar-refractivity contribution is 7.99. The Bertz CT molecular complexity index is 1020. The van der Waals surface area contributed by atoms with Crippen LogP contribution in [0.4, 0.5) is 18.9 Å². The summed E-state index contributed by atoms with van der Waals surface area (Å²) in [6.45, 7) is 7.91. The van der Waals surface area contributed by atoms with Crippen molar-refractivity contribution in [3.8, 4) is 0 Å². The number of rotatable bonds is 9. The molecular formula is C18H17F3N6O3S. The molecule has 0 amide bonds. The monoisotopic (exact) mass is 454 g/mol. The number of alkyl halides is 2. The van der Waals surface area contributed by atoms with Gasteiger partial charge in [-0.2, -0.15) is 0 Å². The van der Waals surface area contributed by atoms with Crippen molar-refractivity contribution in [2.75, 3.05) is 18.8 Å². The lowest BCUT2D eigenvalue weighted by atomic mass is 9.86. The van der Waals surface area contributed by atoms with Gasteiger partial charge in [-0.1, -0.05) is 0 Å². The Morgan fingerprint density at radius 2 is 2.23 bits per heavy atom. The molecule has 1 aliphatic rings. The summed E-state index contributed by atoms with van der Waals surface area (Å²) in [4.78, 5) is 19.6. The van der Waals surface area contributed by atoms with E-state index in [9.17, 15) is 23.2 Å². The van der Waals surface area contributed by atoms with Gasteiger partial charge in [-0.3, -0.25) is 20.3 Å². The first-order valence-electron chi connectivity index (χ1n) is 9.05. The minimum absolute atomic E-state index is 0.0163. The zero-order valence-electron chi connectivity index (χ0n) is 15.9. The lowest BCUT2D eigenvalue weighted by Crippen LogP contribution is -2.62. The summed E-state index contributed by atoms with van der Waals surface area (Å²) in [6, 6.07) is 2.86. The third-order valence-electron chi connectivity index (χ3n) is 4.60. The van der Waals surface area contributed by atoms with E-state index in [1.54, 1.807) is 5.48 Å². The van der Waals surface area contributed by atoms with E-state index < -0.39 is 23.3 Å². The van der Waals surface area contributed by atoms with E-state index in [4.69, 9.17) is 6.57 Å². The summed E-state index contributed by atoms with van der Waals surface area (Å²) >= 11 is 1.18. The summed E-state index contributed by atoms with van der Waals surface area (Å²) < 4.78 is 43.9. The zero-order valence-corrected chi connectivity index (χ0v) is 16.8. The van der Waals surface area contributed by atoms with Crippen molar-refractivity contribution in [1.29, 1.82) is 0 Å². The van der Waals surface area contributed by atoms with Crippen LogP contribution in [-0.4, -0.2) is 51.5 Å². The maximum atomic E-state index is 13.5. The minimum atomic E-state index is -3.03. The number of Topliss-reactive ketones (excluding diaryl/α,β-unsaturated/α-hetero) is 1. The Morgan fingerprint density at radius 1 is 1.45 bits per heavy atom. The van der Waals surface area contributed by atoms with Crippen molar-refractivity contribution < 1.29 is 27.8 Å². The fraction of sp³-hybridized carbons (Fsp3) is 0.389. The number of hydrogen-bond donors (Lipinski definition) is 3. The number of amidine groups is 1. The van der Waals surface area contributed by atoms with Gasteiger partial charge in [-0.25, -0.2) is 29.4 Å². The molecular weight excluding hydrogens is 437 g/mol. The third-order valence-corrected chi connectivity index (χ3v) is 5.63. The fourth-order valence-electron chi connectivity index (χ4n) is 2.78. The molecule has 0 unspecified atom stereocenters. The largest absolute Gasteiger partial charge is 0.313 e. The van der Waals surface area contributed by atoms with Crippen LogP contribution in [0, 0.1) is 12.4 Å². The maximum absolute atomic E-state index is 13.5. The number of hydrogen-bond acceptors (Lipinski definition) is 8. The van der Waals surface area contributed by atoms with Crippen molar-refractivity contribution in [3.05, 3.63) is 46.7 Å². The van der Waals surface area contributed by atoms with Gasteiger partial charge in [0.15, 0.2) is 16.6 Å². The van der Waals surface area contributed by atoms with Crippen molar-refractivity contribution in [3.63, 3.8) is 0 Å². The van der Waals surface area contributed by atoms with Crippen molar-refractivity contribution in [1.82, 2.24) is 21.1 Å². The van der Waals surface area contributed by atoms with Crippen LogP contribution in [0.5, 0.6) is 0 Å². The van der Waals surface area contributed by atoms with Crippen molar-refractivity contribution in [2.24, 2.45) is 4.99 Å². The van der Waals surface area contributed by atoms with Crippen LogP contribution in [0.2, 0.25) is 0 Å². The zero-order chi connectivity index (χ0) is 22.4. The third kappa shape index (κ3) is 5.04. The molecule has 31 heavy (non-hydrogen) atoms. The molecule has 2 heterocycles. The molecule has 1 aliphatic heterocycles. The van der Waals surface area contributed by atoms with Gasteiger partial charge in [0.25, 0.3) is 6.43 Å². The molecule has 3 rings (SSSR count). The number of aromatic nitrogens is 2. The summed E-state index contributed by atoms with van der Waals surface area (Å²) in [5, 5.41) is 20.0. The molecule has 2 aromatic rings. The van der Waals surface area contributed by atoms with Crippen LogP contribution in [0.25, 0.3) is 4.85 Å². The van der Waals surface area contributed by atoms with E-state index in [0.717, 1.165) is 18.2 Å². The standard InChI is InChI=1S/C18H17F3N6O3S/c1-22-18(8-23-9-18)13(28)3-2-6-31-17-14(26-30-27-17)16(25-29)24-10-4-5-12(19)11(7-10)15(20)21/h4-5,7,15,23,29H,2-3,6,8-9H2,(H,24,25). The van der Waals surface area contributed by atoms with Gasteiger partial charge in [-0.05, 0) is 34.9 Å². The Balaban J connectivity index is 1.65. The number of thioether (sulfide) groups is 1. The summed E-state index contributed by atoms with van der Waals surface area (Å²) in [5.74, 6) is -0.983. The second kappa shape index (κ2) is 9.90. The van der Waals surface area contributed by atoms with E-state index in [2.05, 4.69) is 30.1 Å². The highest BCUT2D eigenvalue weighted by atomic mass is 32.2. The van der Waals surface area contributed by atoms with Gasteiger partial charge < -0.3 is 5.32 Å². The second-order valence-electron chi connectivity index (χ2n) is 6.62. The van der Waals surface area contributed by atoms with E-state index in [1.165, 1.54) is 11.8 Å². The van der Waals surface area contributed by atoms with Crippen LogP contribution >= 0.6 is 11.8 Å². The van der Waals surface area contributed by atoms with Crippen molar-refractivity contribution >= 4 is 29.1 Å². The van der Waals surface area contributed by atoms with Gasteiger partial charge in [0.2, 0.25) is 5.78 Å². The van der Waals surface area contributed by atoms with Crippen LogP contribution < -0.4 is 10.8 Å². The lowest BCUT2D eigenvalue weighted by molar-refractivity contribution is -0.124. The Kier molecular flexibility index (Phi) is 7.26. The van der Waals surface area contributed by atoms with Gasteiger partial charge in [0.1, 0.15) is 5.82 Å². The Morgan fingerprint density at radius 3 is 2.84 bits per heavy atom. The summed E-state index contributed by atoms with van der Waals surface area (Å²) in [6.07, 6.45) is -2.33. The average molecular weight is 454 g/mol. The molecule has 164 valence electrons. The highest BCUT2D eigenvalue weighted by Gasteiger charge is 2.50. The molecule has 0 atom stereocenters. The molecule has 0 aliphatic carbocycles. The van der Waals surface area contributed by atoms with E-state index in [1.807, 2.05) is 0 Å². The van der Waals surface area contributed by atoms with E-state index in [-0.39, 0.29) is 34.4 Å². The number of ketones is 1. The number of halogens is 3. The first-order chi connectivity index (χ1) is 14.9. The molecule has 3 N–H and O–H groups in total. The first-order valence-corrected chi connectivity index (χ1v) is 10.0. The number of hydroxylamine groups is 1. The predicted molar refractivity (Wildman–Crippen MR) is 104 cm³/mol. The molecule has 0 saturated carbocycles. The molecule has 1 aromatic carbocycles. The smallest absolute Gasteiger partial charge is 0.301 e. The molecule has 0 radical (unpaired) electrons. The number of carbonyl (C=O) groups excluding carboxylic acids is 1. The normalized spacial score (nSPS) is 15.4.